The molecule has 0 spiro atoms. The minimum atomic E-state index is -3.99. The van der Waals surface area contributed by atoms with Crippen LogP contribution in [0.4, 0.5) is 13.2 Å². The highest BCUT2D eigenvalue weighted by molar-refractivity contribution is 5.09. The van der Waals surface area contributed by atoms with Crippen molar-refractivity contribution in [3.05, 3.63) is 0 Å². The van der Waals surface area contributed by atoms with Gasteiger partial charge in [-0.1, -0.05) is 34.1 Å². The standard InChI is InChI=1S/C24H39F3/c1-5-15(2)19-8-9-20-18-7-6-16-14-17(24(25,26)27)10-12-22(16,3)21(18)11-13-23(19,20)4/h15-21H,5-14H2,1-4H3/t15-,16-,17+,18+,19-,20?,21?,22+,23-/m1/s1. The van der Waals surface area contributed by atoms with Crippen LogP contribution in [0.3, 0.4) is 0 Å². The monoisotopic (exact) mass is 384 g/mol. The molecule has 0 aromatic rings. The van der Waals surface area contributed by atoms with Gasteiger partial charge in [-0.25, -0.2) is 0 Å². The summed E-state index contributed by atoms with van der Waals surface area (Å²) in [6.07, 6.45) is 6.46. The maximum atomic E-state index is 13.3. The van der Waals surface area contributed by atoms with E-state index in [9.17, 15) is 13.2 Å². The number of alkyl halides is 3. The van der Waals surface area contributed by atoms with E-state index >= 15 is 0 Å². The van der Waals surface area contributed by atoms with Gasteiger partial charge >= 0.3 is 6.18 Å². The van der Waals surface area contributed by atoms with Gasteiger partial charge < -0.3 is 0 Å². The summed E-state index contributed by atoms with van der Waals surface area (Å²) in [7, 11) is 0. The number of rotatable bonds is 2. The molecule has 0 N–H and O–H groups in total. The summed E-state index contributed by atoms with van der Waals surface area (Å²) in [4.78, 5) is 0. The molecule has 3 heteroatoms. The van der Waals surface area contributed by atoms with E-state index in [1.54, 1.807) is 0 Å². The minimum absolute atomic E-state index is 0.167. The molecule has 0 saturated heterocycles. The Balaban J connectivity index is 1.55. The Morgan fingerprint density at radius 3 is 2.22 bits per heavy atom. The molecule has 4 aliphatic rings. The first kappa shape index (κ1) is 20.1. The summed E-state index contributed by atoms with van der Waals surface area (Å²) in [5, 5.41) is 0. The predicted octanol–water partition coefficient (Wildman–Crippen LogP) is 7.87. The summed E-state index contributed by atoms with van der Waals surface area (Å²) in [6.45, 7) is 9.73. The molecule has 4 aliphatic carbocycles. The Morgan fingerprint density at radius 2 is 1.56 bits per heavy atom. The molecule has 0 aromatic carbocycles. The topological polar surface area (TPSA) is 0 Å². The lowest BCUT2D eigenvalue weighted by Gasteiger charge is -2.61. The van der Waals surface area contributed by atoms with E-state index in [1.165, 1.54) is 38.5 Å². The van der Waals surface area contributed by atoms with Gasteiger partial charge in [0.25, 0.3) is 0 Å². The van der Waals surface area contributed by atoms with E-state index in [0.29, 0.717) is 30.1 Å². The molecule has 2 unspecified atom stereocenters. The zero-order chi connectivity index (χ0) is 19.6. The fraction of sp³-hybridized carbons (Fsp3) is 1.00. The lowest BCUT2D eigenvalue weighted by Crippen LogP contribution is -2.54. The van der Waals surface area contributed by atoms with Gasteiger partial charge in [0.2, 0.25) is 0 Å². The molecule has 156 valence electrons. The molecule has 0 radical (unpaired) electrons. The van der Waals surface area contributed by atoms with Gasteiger partial charge in [-0.15, -0.1) is 0 Å². The fourth-order valence-corrected chi connectivity index (χ4v) is 8.82. The van der Waals surface area contributed by atoms with Crippen LogP contribution in [-0.2, 0) is 0 Å². The largest absolute Gasteiger partial charge is 0.391 e. The maximum Gasteiger partial charge on any atom is 0.391 e. The second kappa shape index (κ2) is 6.66. The summed E-state index contributed by atoms with van der Waals surface area (Å²) in [5.74, 6) is 3.22. The zero-order valence-corrected chi connectivity index (χ0v) is 17.7. The highest BCUT2D eigenvalue weighted by Gasteiger charge is 2.61. The zero-order valence-electron chi connectivity index (χ0n) is 17.7. The average Bonchev–Trinajstić information content (AvgIpc) is 2.96. The third-order valence-electron chi connectivity index (χ3n) is 10.5. The van der Waals surface area contributed by atoms with E-state index in [4.69, 9.17) is 0 Å². The first-order valence-corrected chi connectivity index (χ1v) is 11.7. The Kier molecular flexibility index (Phi) is 4.95. The quantitative estimate of drug-likeness (QED) is 0.454. The van der Waals surface area contributed by atoms with Crippen molar-refractivity contribution >= 4 is 0 Å². The van der Waals surface area contributed by atoms with E-state index in [2.05, 4.69) is 27.7 Å². The summed E-state index contributed by atoms with van der Waals surface area (Å²) < 4.78 is 40.0. The summed E-state index contributed by atoms with van der Waals surface area (Å²) >= 11 is 0. The lowest BCUT2D eigenvalue weighted by atomic mass is 9.44. The van der Waals surface area contributed by atoms with E-state index < -0.39 is 12.1 Å². The van der Waals surface area contributed by atoms with Gasteiger partial charge in [0, 0.05) is 0 Å². The van der Waals surface area contributed by atoms with Crippen molar-refractivity contribution in [3.8, 4) is 0 Å². The molecule has 4 rings (SSSR count). The van der Waals surface area contributed by atoms with Crippen LogP contribution < -0.4 is 0 Å². The normalized spacial score (nSPS) is 51.2. The third-order valence-corrected chi connectivity index (χ3v) is 10.5. The number of hydrogen-bond acceptors (Lipinski definition) is 0. The van der Waals surface area contributed by atoms with Gasteiger partial charge in [-0.05, 0) is 104 Å². The molecule has 0 aliphatic heterocycles. The Hall–Kier alpha value is -0.210. The van der Waals surface area contributed by atoms with Crippen molar-refractivity contribution in [2.24, 2.45) is 52.3 Å². The first-order valence-electron chi connectivity index (χ1n) is 11.7. The van der Waals surface area contributed by atoms with Crippen LogP contribution >= 0.6 is 0 Å². The second-order valence-corrected chi connectivity index (χ2v) is 11.3. The highest BCUT2D eigenvalue weighted by atomic mass is 19.4. The van der Waals surface area contributed by atoms with Crippen LogP contribution in [0, 0.1) is 52.3 Å². The van der Waals surface area contributed by atoms with Gasteiger partial charge in [-0.2, -0.15) is 13.2 Å². The predicted molar refractivity (Wildman–Crippen MR) is 104 cm³/mol. The first-order chi connectivity index (χ1) is 12.6. The van der Waals surface area contributed by atoms with Crippen molar-refractivity contribution in [3.63, 3.8) is 0 Å². The molecule has 0 amide bonds. The minimum Gasteiger partial charge on any atom is -0.171 e. The van der Waals surface area contributed by atoms with Crippen LogP contribution in [0.1, 0.15) is 91.9 Å². The van der Waals surface area contributed by atoms with Crippen LogP contribution in [0.2, 0.25) is 0 Å². The lowest BCUT2D eigenvalue weighted by molar-refractivity contribution is -0.208. The van der Waals surface area contributed by atoms with Crippen molar-refractivity contribution in [1.82, 2.24) is 0 Å². The number of hydrogen-bond donors (Lipinski definition) is 0. The summed E-state index contributed by atoms with van der Waals surface area (Å²) in [6, 6.07) is 0. The Morgan fingerprint density at radius 1 is 0.889 bits per heavy atom. The van der Waals surface area contributed by atoms with Gasteiger partial charge in [0.15, 0.2) is 0 Å². The Labute approximate surface area is 164 Å². The smallest absolute Gasteiger partial charge is 0.171 e. The number of fused-ring (bicyclic) bond motifs is 5. The van der Waals surface area contributed by atoms with E-state index in [-0.39, 0.29) is 5.41 Å². The molecular formula is C24H39F3. The molecule has 0 bridgehead atoms. The van der Waals surface area contributed by atoms with Crippen molar-refractivity contribution in [1.29, 1.82) is 0 Å². The third kappa shape index (κ3) is 3.00. The SMILES string of the molecule is CC[C@@H](C)[C@H]1CCC2[C@@H]3CC[C@@H]4C[C@@H](C(F)(F)F)CC[C@]4(C)C3CC[C@@]21C. The van der Waals surface area contributed by atoms with Crippen LogP contribution in [0.15, 0.2) is 0 Å². The molecule has 0 nitrogen and oxygen atoms in total. The van der Waals surface area contributed by atoms with Gasteiger partial charge in [0.05, 0.1) is 5.92 Å². The highest BCUT2D eigenvalue weighted by Crippen LogP contribution is 2.69. The van der Waals surface area contributed by atoms with E-state index in [1.807, 2.05) is 0 Å². The molecular weight excluding hydrogens is 345 g/mol. The van der Waals surface area contributed by atoms with Gasteiger partial charge in [-0.3, -0.25) is 0 Å². The second-order valence-electron chi connectivity index (χ2n) is 11.3. The van der Waals surface area contributed by atoms with Gasteiger partial charge in [0.1, 0.15) is 0 Å². The maximum absolute atomic E-state index is 13.3. The van der Waals surface area contributed by atoms with Crippen molar-refractivity contribution in [2.45, 2.75) is 98.1 Å². The molecule has 9 atom stereocenters. The Bertz CT molecular complexity index is 554. The summed E-state index contributed by atoms with van der Waals surface area (Å²) in [5.41, 5.74) is 0.656. The molecule has 0 heterocycles. The van der Waals surface area contributed by atoms with E-state index in [0.717, 1.165) is 36.5 Å². The molecule has 4 saturated carbocycles. The van der Waals surface area contributed by atoms with Crippen LogP contribution in [0.5, 0.6) is 0 Å². The molecule has 4 fully saturated rings. The molecule has 0 aromatic heterocycles. The van der Waals surface area contributed by atoms with Crippen LogP contribution in [-0.4, -0.2) is 6.18 Å². The fourth-order valence-electron chi connectivity index (χ4n) is 8.82. The van der Waals surface area contributed by atoms with Crippen molar-refractivity contribution in [2.75, 3.05) is 0 Å². The average molecular weight is 385 g/mol. The van der Waals surface area contributed by atoms with Crippen molar-refractivity contribution < 1.29 is 13.2 Å². The van der Waals surface area contributed by atoms with Crippen LogP contribution in [0.25, 0.3) is 0 Å². The molecule has 27 heavy (non-hydrogen) atoms. The number of halogens is 3.